The average molecular weight is 292 g/mol. The Bertz CT molecular complexity index is 419. The largest absolute Gasteiger partial charge is 0.494 e. The summed E-state index contributed by atoms with van der Waals surface area (Å²) in [6.07, 6.45) is 3.93. The van der Waals surface area contributed by atoms with E-state index in [1.54, 1.807) is 0 Å². The zero-order valence-corrected chi connectivity index (χ0v) is 13.3. The van der Waals surface area contributed by atoms with Gasteiger partial charge in [0.05, 0.1) is 18.8 Å². The lowest BCUT2D eigenvalue weighted by molar-refractivity contribution is -0.00794. The summed E-state index contributed by atoms with van der Waals surface area (Å²) < 4.78 is 11.6. The lowest BCUT2D eigenvalue weighted by Crippen LogP contribution is -2.38. The lowest BCUT2D eigenvalue weighted by Gasteiger charge is -2.33. The second-order valence-corrected chi connectivity index (χ2v) is 5.65. The standard InChI is InChI=1S/C17H28N2O2/c1-3-20-17-10-5-4-9-15(17)16(12-18)19(2)13-14-8-6-7-11-21-14/h4-5,9-10,14,16H,3,6-8,11-13,18H2,1-2H3. The van der Waals surface area contributed by atoms with E-state index in [1.165, 1.54) is 18.4 Å². The molecule has 1 saturated heterocycles. The van der Waals surface area contributed by atoms with Crippen molar-refractivity contribution in [2.45, 2.75) is 38.3 Å². The molecule has 1 aromatic rings. The van der Waals surface area contributed by atoms with Gasteiger partial charge in [-0.1, -0.05) is 18.2 Å². The van der Waals surface area contributed by atoms with Crippen LogP contribution in [0.3, 0.4) is 0 Å². The zero-order chi connectivity index (χ0) is 15.1. The Morgan fingerprint density at radius 1 is 1.38 bits per heavy atom. The monoisotopic (exact) mass is 292 g/mol. The van der Waals surface area contributed by atoms with Crippen molar-refractivity contribution >= 4 is 0 Å². The molecule has 21 heavy (non-hydrogen) atoms. The number of likely N-dealkylation sites (N-methyl/N-ethyl adjacent to an activating group) is 1. The molecule has 1 aliphatic rings. The van der Waals surface area contributed by atoms with Crippen molar-refractivity contribution in [1.29, 1.82) is 0 Å². The smallest absolute Gasteiger partial charge is 0.124 e. The molecule has 1 aliphatic heterocycles. The number of hydrogen-bond donors (Lipinski definition) is 1. The highest BCUT2D eigenvalue weighted by Gasteiger charge is 2.23. The van der Waals surface area contributed by atoms with Gasteiger partial charge in [0.2, 0.25) is 0 Å². The van der Waals surface area contributed by atoms with Crippen molar-refractivity contribution in [3.63, 3.8) is 0 Å². The fraction of sp³-hybridized carbons (Fsp3) is 0.647. The molecule has 0 radical (unpaired) electrons. The molecule has 1 aromatic carbocycles. The molecule has 2 N–H and O–H groups in total. The summed E-state index contributed by atoms with van der Waals surface area (Å²) in [7, 11) is 2.12. The highest BCUT2D eigenvalue weighted by Crippen LogP contribution is 2.29. The quantitative estimate of drug-likeness (QED) is 0.839. The summed E-state index contributed by atoms with van der Waals surface area (Å²) in [6.45, 7) is 5.06. The molecule has 2 unspecified atom stereocenters. The van der Waals surface area contributed by atoms with Crippen molar-refractivity contribution in [3.8, 4) is 5.75 Å². The first-order chi connectivity index (χ1) is 10.3. The van der Waals surface area contributed by atoms with Crippen molar-refractivity contribution in [2.75, 3.05) is 33.4 Å². The lowest BCUT2D eigenvalue weighted by atomic mass is 10.0. The van der Waals surface area contributed by atoms with E-state index in [4.69, 9.17) is 15.2 Å². The van der Waals surface area contributed by atoms with Gasteiger partial charge in [-0.2, -0.15) is 0 Å². The van der Waals surface area contributed by atoms with E-state index in [1.807, 2.05) is 25.1 Å². The summed E-state index contributed by atoms with van der Waals surface area (Å²) in [4.78, 5) is 2.30. The number of ether oxygens (including phenoxy) is 2. The van der Waals surface area contributed by atoms with Gasteiger partial charge in [-0.15, -0.1) is 0 Å². The first kappa shape index (κ1) is 16.3. The Labute approximate surface area is 128 Å². The Balaban J connectivity index is 2.07. The molecular formula is C17H28N2O2. The normalized spacial score (nSPS) is 20.5. The van der Waals surface area contributed by atoms with E-state index in [9.17, 15) is 0 Å². The van der Waals surface area contributed by atoms with Gasteiger partial charge in [-0.05, 0) is 39.3 Å². The molecule has 0 bridgehead atoms. The topological polar surface area (TPSA) is 47.7 Å². The highest BCUT2D eigenvalue weighted by molar-refractivity contribution is 5.36. The summed E-state index contributed by atoms with van der Waals surface area (Å²) in [5.74, 6) is 0.937. The van der Waals surface area contributed by atoms with Gasteiger partial charge < -0.3 is 15.2 Å². The second-order valence-electron chi connectivity index (χ2n) is 5.65. The fourth-order valence-electron chi connectivity index (χ4n) is 2.99. The SMILES string of the molecule is CCOc1ccccc1C(CN)N(C)CC1CCCCO1. The molecule has 1 fully saturated rings. The predicted octanol–water partition coefficient (Wildman–Crippen LogP) is 2.59. The molecule has 0 saturated carbocycles. The molecular weight excluding hydrogens is 264 g/mol. The van der Waals surface area contributed by atoms with Crippen LogP contribution in [0.5, 0.6) is 5.75 Å². The van der Waals surface area contributed by atoms with Crippen LogP contribution < -0.4 is 10.5 Å². The molecule has 4 heteroatoms. The maximum atomic E-state index is 6.04. The molecule has 4 nitrogen and oxygen atoms in total. The Kier molecular flexibility index (Phi) is 6.49. The van der Waals surface area contributed by atoms with Crippen LogP contribution in [-0.4, -0.2) is 44.4 Å². The predicted molar refractivity (Wildman–Crippen MR) is 85.6 cm³/mol. The van der Waals surface area contributed by atoms with Crippen molar-refractivity contribution < 1.29 is 9.47 Å². The van der Waals surface area contributed by atoms with Gasteiger partial charge in [0.1, 0.15) is 5.75 Å². The Morgan fingerprint density at radius 3 is 2.86 bits per heavy atom. The van der Waals surface area contributed by atoms with Crippen LogP contribution in [0.1, 0.15) is 37.8 Å². The van der Waals surface area contributed by atoms with Crippen LogP contribution in [-0.2, 0) is 4.74 Å². The van der Waals surface area contributed by atoms with Gasteiger partial charge in [-0.3, -0.25) is 4.90 Å². The third-order valence-corrected chi connectivity index (χ3v) is 4.10. The molecule has 118 valence electrons. The molecule has 2 rings (SSSR count). The molecule has 1 heterocycles. The molecule has 0 spiro atoms. The van der Waals surface area contributed by atoms with E-state index >= 15 is 0 Å². The average Bonchev–Trinajstić information content (AvgIpc) is 2.51. The number of nitrogens with two attached hydrogens (primary N) is 1. The number of para-hydroxylation sites is 1. The minimum absolute atomic E-state index is 0.165. The van der Waals surface area contributed by atoms with E-state index < -0.39 is 0 Å². The van der Waals surface area contributed by atoms with Crippen LogP contribution >= 0.6 is 0 Å². The molecule has 0 aromatic heterocycles. The van der Waals surface area contributed by atoms with E-state index in [0.717, 1.165) is 25.3 Å². The van der Waals surface area contributed by atoms with Crippen LogP contribution in [0.2, 0.25) is 0 Å². The second kappa shape index (κ2) is 8.37. The van der Waals surface area contributed by atoms with Crippen molar-refractivity contribution in [3.05, 3.63) is 29.8 Å². The van der Waals surface area contributed by atoms with Gasteiger partial charge >= 0.3 is 0 Å². The van der Waals surface area contributed by atoms with Crippen LogP contribution in [0, 0.1) is 0 Å². The number of rotatable bonds is 7. The van der Waals surface area contributed by atoms with Crippen LogP contribution in [0.25, 0.3) is 0 Å². The fourth-order valence-corrected chi connectivity index (χ4v) is 2.99. The third-order valence-electron chi connectivity index (χ3n) is 4.10. The van der Waals surface area contributed by atoms with Gasteiger partial charge in [0.25, 0.3) is 0 Å². The van der Waals surface area contributed by atoms with E-state index in [-0.39, 0.29) is 6.04 Å². The minimum Gasteiger partial charge on any atom is -0.494 e. The van der Waals surface area contributed by atoms with Crippen molar-refractivity contribution in [2.24, 2.45) is 5.73 Å². The number of hydrogen-bond acceptors (Lipinski definition) is 4. The molecule has 0 aliphatic carbocycles. The van der Waals surface area contributed by atoms with E-state index in [2.05, 4.69) is 18.0 Å². The van der Waals surface area contributed by atoms with Crippen LogP contribution in [0.15, 0.2) is 24.3 Å². The number of nitrogens with zero attached hydrogens (tertiary/aromatic N) is 1. The Hall–Kier alpha value is -1.10. The third kappa shape index (κ3) is 4.43. The minimum atomic E-state index is 0.165. The Morgan fingerprint density at radius 2 is 2.19 bits per heavy atom. The van der Waals surface area contributed by atoms with Crippen molar-refractivity contribution in [1.82, 2.24) is 4.90 Å². The molecule has 2 atom stereocenters. The summed E-state index contributed by atoms with van der Waals surface area (Å²) >= 11 is 0. The highest BCUT2D eigenvalue weighted by atomic mass is 16.5. The molecule has 0 amide bonds. The van der Waals surface area contributed by atoms with Crippen LogP contribution in [0.4, 0.5) is 0 Å². The first-order valence-electron chi connectivity index (χ1n) is 7.99. The maximum Gasteiger partial charge on any atom is 0.124 e. The first-order valence-corrected chi connectivity index (χ1v) is 7.99. The van der Waals surface area contributed by atoms with Gasteiger partial charge in [-0.25, -0.2) is 0 Å². The summed E-state index contributed by atoms with van der Waals surface area (Å²) in [5, 5.41) is 0. The maximum absolute atomic E-state index is 6.04. The van der Waals surface area contributed by atoms with Gasteiger partial charge in [0.15, 0.2) is 0 Å². The van der Waals surface area contributed by atoms with E-state index in [0.29, 0.717) is 19.3 Å². The summed E-state index contributed by atoms with van der Waals surface area (Å²) in [6, 6.07) is 8.35. The van der Waals surface area contributed by atoms with Gasteiger partial charge in [0, 0.05) is 25.3 Å². The number of benzene rings is 1. The zero-order valence-electron chi connectivity index (χ0n) is 13.3. The summed E-state index contributed by atoms with van der Waals surface area (Å²) in [5.41, 5.74) is 7.20.